The van der Waals surface area contributed by atoms with Crippen LogP contribution in [0.1, 0.15) is 5.56 Å². The van der Waals surface area contributed by atoms with Gasteiger partial charge in [-0.2, -0.15) is 13.2 Å². The average molecular weight is 458 g/mol. The second-order valence-corrected chi connectivity index (χ2v) is 7.09. The van der Waals surface area contributed by atoms with Crippen LogP contribution in [0.2, 0.25) is 5.02 Å². The lowest BCUT2D eigenvalue weighted by molar-refractivity contribution is -0.392. The number of nitro groups is 2. The first-order chi connectivity index (χ1) is 12.9. The molecule has 28 heavy (non-hydrogen) atoms. The summed E-state index contributed by atoms with van der Waals surface area (Å²) in [5.74, 6) is 0. The van der Waals surface area contributed by atoms with Crippen LogP contribution in [0.5, 0.6) is 0 Å². The van der Waals surface area contributed by atoms with E-state index in [-0.39, 0.29) is 23.5 Å². The van der Waals surface area contributed by atoms with E-state index in [1.807, 2.05) is 0 Å². The Morgan fingerprint density at radius 3 is 2.29 bits per heavy atom. The molecule has 0 saturated heterocycles. The molecule has 1 aromatic rings. The van der Waals surface area contributed by atoms with Crippen molar-refractivity contribution < 1.29 is 23.0 Å². The number of aliphatic imine (C=N–C) groups is 1. The predicted octanol–water partition coefficient (Wildman–Crippen LogP) is 4.21. The van der Waals surface area contributed by atoms with Gasteiger partial charge in [0.25, 0.3) is 0 Å². The molecule has 1 aliphatic rings. The highest BCUT2D eigenvalue weighted by Crippen LogP contribution is 2.50. The highest BCUT2D eigenvalue weighted by Gasteiger charge is 2.44. The molecule has 0 amide bonds. The maximum Gasteiger partial charge on any atom is 0.418 e. The fourth-order valence-corrected chi connectivity index (χ4v) is 4.06. The van der Waals surface area contributed by atoms with Crippen LogP contribution >= 0.6 is 35.1 Å². The Balaban J connectivity index is 2.91. The molecule has 0 aromatic heterocycles. The van der Waals surface area contributed by atoms with Gasteiger partial charge in [0.2, 0.25) is 5.69 Å². The van der Waals surface area contributed by atoms with Crippen molar-refractivity contribution in [2.75, 3.05) is 24.1 Å². The van der Waals surface area contributed by atoms with Gasteiger partial charge < -0.3 is 10.6 Å². The van der Waals surface area contributed by atoms with E-state index in [2.05, 4.69) is 4.99 Å². The zero-order valence-corrected chi connectivity index (χ0v) is 16.5. The monoisotopic (exact) mass is 457 g/mol. The normalized spacial score (nSPS) is 14.9. The van der Waals surface area contributed by atoms with Gasteiger partial charge in [-0.05, 0) is 12.5 Å². The predicted molar refractivity (Wildman–Crippen MR) is 103 cm³/mol. The van der Waals surface area contributed by atoms with Crippen LogP contribution in [0.4, 0.5) is 30.2 Å². The zero-order chi connectivity index (χ0) is 21.4. The molecule has 2 N–H and O–H groups in total. The quantitative estimate of drug-likeness (QED) is 0.526. The van der Waals surface area contributed by atoms with Crippen molar-refractivity contribution in [3.63, 3.8) is 0 Å². The lowest BCUT2D eigenvalue weighted by atomic mass is 10.1. The average Bonchev–Trinajstić information content (AvgIpc) is 2.59. The molecule has 1 aliphatic heterocycles. The number of rotatable bonds is 4. The van der Waals surface area contributed by atoms with Crippen molar-refractivity contribution in [3.8, 4) is 0 Å². The highest BCUT2D eigenvalue weighted by molar-refractivity contribution is 8.14. The molecule has 2 rings (SSSR count). The van der Waals surface area contributed by atoms with Crippen LogP contribution in [-0.4, -0.2) is 34.1 Å². The third-order valence-electron chi connectivity index (χ3n) is 3.60. The Morgan fingerprint density at radius 2 is 1.86 bits per heavy atom. The number of hydrogen-bond donors (Lipinski definition) is 1. The Morgan fingerprint density at radius 1 is 1.25 bits per heavy atom. The minimum absolute atomic E-state index is 0.0888. The van der Waals surface area contributed by atoms with Crippen LogP contribution in [0.3, 0.4) is 0 Å². The van der Waals surface area contributed by atoms with Gasteiger partial charge in [-0.1, -0.05) is 11.6 Å². The largest absolute Gasteiger partial charge is 0.418 e. The third kappa shape index (κ3) is 3.84. The van der Waals surface area contributed by atoms with E-state index in [1.165, 1.54) is 11.8 Å². The van der Waals surface area contributed by atoms with Crippen LogP contribution in [0.25, 0.3) is 0 Å². The standard InChI is InChI=1S/C13H11ClF3N5O4S2/c1-27-11-8(18)12(28-2)20(4-19-11)9-6(21(23)24)3-5(13(15,16)17)7(14)10(9)22(25)26/h3H,4,18H2,1-2H3. The second-order valence-electron chi connectivity index (χ2n) is 5.13. The Bertz CT molecular complexity index is 922. The van der Waals surface area contributed by atoms with Crippen molar-refractivity contribution in [2.24, 2.45) is 10.7 Å². The van der Waals surface area contributed by atoms with Gasteiger partial charge >= 0.3 is 17.6 Å². The van der Waals surface area contributed by atoms with Gasteiger partial charge in [-0.3, -0.25) is 25.2 Å². The summed E-state index contributed by atoms with van der Waals surface area (Å²) in [6, 6.07) is 0.173. The van der Waals surface area contributed by atoms with Crippen molar-refractivity contribution in [1.29, 1.82) is 0 Å². The van der Waals surface area contributed by atoms with Gasteiger partial charge in [0, 0.05) is 6.07 Å². The first kappa shape index (κ1) is 22.1. The molecule has 1 heterocycles. The maximum absolute atomic E-state index is 13.2. The van der Waals surface area contributed by atoms with Gasteiger partial charge in [0.05, 0.1) is 21.1 Å². The van der Waals surface area contributed by atoms with E-state index in [0.29, 0.717) is 5.04 Å². The minimum Gasteiger partial charge on any atom is -0.394 e. The number of alkyl halides is 3. The summed E-state index contributed by atoms with van der Waals surface area (Å²) < 4.78 is 39.6. The van der Waals surface area contributed by atoms with Crippen LogP contribution in [0, 0.1) is 20.2 Å². The molecule has 9 nitrogen and oxygen atoms in total. The lowest BCUT2D eigenvalue weighted by Crippen LogP contribution is -2.32. The number of nitro benzene ring substituents is 2. The summed E-state index contributed by atoms with van der Waals surface area (Å²) in [6.07, 6.45) is -1.89. The van der Waals surface area contributed by atoms with Crippen molar-refractivity contribution >= 4 is 57.2 Å². The summed E-state index contributed by atoms with van der Waals surface area (Å²) in [7, 11) is 0. The van der Waals surface area contributed by atoms with E-state index in [1.54, 1.807) is 12.5 Å². The number of hydrogen-bond acceptors (Lipinski definition) is 9. The van der Waals surface area contributed by atoms with Crippen molar-refractivity contribution in [1.82, 2.24) is 0 Å². The first-order valence-corrected chi connectivity index (χ1v) is 9.90. The molecular formula is C13H11ClF3N5O4S2. The van der Waals surface area contributed by atoms with E-state index in [0.717, 1.165) is 16.7 Å². The smallest absolute Gasteiger partial charge is 0.394 e. The van der Waals surface area contributed by atoms with Crippen LogP contribution < -0.4 is 10.6 Å². The number of halogens is 4. The topological polar surface area (TPSA) is 128 Å². The fraction of sp³-hybridized carbons (Fsp3) is 0.308. The van der Waals surface area contributed by atoms with Crippen molar-refractivity contribution in [3.05, 3.63) is 47.6 Å². The zero-order valence-electron chi connectivity index (χ0n) is 14.1. The third-order valence-corrected chi connectivity index (χ3v) is 5.54. The van der Waals surface area contributed by atoms with Gasteiger partial charge in [0.1, 0.15) is 21.8 Å². The minimum atomic E-state index is -5.13. The lowest BCUT2D eigenvalue weighted by Gasteiger charge is -2.29. The number of benzene rings is 1. The molecule has 0 saturated carbocycles. The summed E-state index contributed by atoms with van der Waals surface area (Å²) in [5, 5.41) is 22.3. The SMILES string of the molecule is CSC1=NCN(c2c([N+](=O)[O-])cc(C(F)(F)F)c(Cl)c2[N+](=O)[O-])C(SC)=C1N. The molecular weight excluding hydrogens is 447 g/mol. The van der Waals surface area contributed by atoms with E-state index >= 15 is 0 Å². The number of nitrogens with zero attached hydrogens (tertiary/aromatic N) is 4. The molecule has 0 atom stereocenters. The first-order valence-electron chi connectivity index (χ1n) is 7.08. The molecule has 0 fully saturated rings. The van der Waals surface area contributed by atoms with E-state index in [9.17, 15) is 33.4 Å². The molecule has 0 radical (unpaired) electrons. The summed E-state index contributed by atoms with van der Waals surface area (Å²) in [5.41, 5.74) is 1.29. The summed E-state index contributed by atoms with van der Waals surface area (Å²) >= 11 is 7.86. The van der Waals surface area contributed by atoms with E-state index < -0.39 is 43.7 Å². The molecule has 1 aromatic carbocycles. The van der Waals surface area contributed by atoms with Gasteiger partial charge in [0.15, 0.2) is 0 Å². The van der Waals surface area contributed by atoms with Crippen LogP contribution in [0.15, 0.2) is 21.8 Å². The number of thioether (sulfide) groups is 2. The number of nitrogens with two attached hydrogens (primary N) is 1. The maximum atomic E-state index is 13.2. The Kier molecular flexibility index (Phi) is 6.35. The Hall–Kier alpha value is -2.19. The Labute approximate surface area is 169 Å². The molecule has 152 valence electrons. The molecule has 15 heteroatoms. The van der Waals surface area contributed by atoms with Gasteiger partial charge in [-0.15, -0.1) is 23.5 Å². The second kappa shape index (κ2) is 8.05. The van der Waals surface area contributed by atoms with Crippen LogP contribution in [-0.2, 0) is 6.18 Å². The molecule has 0 unspecified atom stereocenters. The highest BCUT2D eigenvalue weighted by atomic mass is 35.5. The van der Waals surface area contributed by atoms with Gasteiger partial charge in [-0.25, -0.2) is 0 Å². The molecule has 0 bridgehead atoms. The van der Waals surface area contributed by atoms with Crippen molar-refractivity contribution in [2.45, 2.75) is 6.18 Å². The summed E-state index contributed by atoms with van der Waals surface area (Å²) in [4.78, 5) is 25.8. The summed E-state index contributed by atoms with van der Waals surface area (Å²) in [6.45, 7) is -0.323. The molecule has 0 spiro atoms. The fourth-order valence-electron chi connectivity index (χ4n) is 2.49. The van der Waals surface area contributed by atoms with E-state index in [4.69, 9.17) is 17.3 Å². The number of anilines is 1. The molecule has 0 aliphatic carbocycles.